The summed E-state index contributed by atoms with van der Waals surface area (Å²) >= 11 is -1.79. The van der Waals surface area contributed by atoms with Crippen LogP contribution in [0.25, 0.3) is 0 Å². The van der Waals surface area contributed by atoms with Crippen LogP contribution in [-0.4, -0.2) is 51.0 Å². The molecule has 1 spiro atoms. The van der Waals surface area contributed by atoms with Gasteiger partial charge in [0.1, 0.15) is 6.29 Å². The van der Waals surface area contributed by atoms with Crippen molar-refractivity contribution in [2.24, 2.45) is 23.2 Å². The summed E-state index contributed by atoms with van der Waals surface area (Å²) < 4.78 is 21.3. The maximum absolute atomic E-state index is 11.9. The fourth-order valence-corrected chi connectivity index (χ4v) is 8.24. The number of carbonyl (C=O) groups is 1. The van der Waals surface area contributed by atoms with Crippen molar-refractivity contribution in [3.8, 4) is 0 Å². The van der Waals surface area contributed by atoms with Gasteiger partial charge in [0.2, 0.25) is 0 Å². The minimum Gasteiger partial charge on any atom is -0.310 e. The lowest BCUT2D eigenvalue weighted by Crippen LogP contribution is -2.40. The number of rotatable bonds is 8. The number of hydrogen-bond donors (Lipinski definition) is 2. The molecule has 2 N–H and O–H groups in total. The number of hydrogen-bond acceptors (Lipinski definition) is 4. The molecule has 32 heavy (non-hydrogen) atoms. The Hall–Kier alpha value is -1.37. The van der Waals surface area contributed by atoms with Gasteiger partial charge in [0.05, 0.1) is 5.75 Å². The molecule has 2 saturated carbocycles. The van der Waals surface area contributed by atoms with Crippen molar-refractivity contribution in [3.63, 3.8) is 0 Å². The topological polar surface area (TPSA) is 81.5 Å². The highest BCUT2D eigenvalue weighted by atomic mass is 32.2. The highest BCUT2D eigenvalue weighted by Crippen LogP contribution is 2.81. The Morgan fingerprint density at radius 2 is 2.12 bits per heavy atom. The first kappa shape index (κ1) is 23.8. The lowest BCUT2D eigenvalue weighted by atomic mass is 9.64. The number of likely N-dealkylation sites (N-methyl/N-ethyl adjacent to an activating group) is 1. The number of piperidine rings is 1. The molecule has 4 rings (SSSR count). The average Bonchev–Trinajstić information content (AvgIpc) is 3.31. The predicted octanol–water partition coefficient (Wildman–Crippen LogP) is 4.55. The number of aryl methyl sites for hydroxylation is 1. The Kier molecular flexibility index (Phi) is 6.51. The molecule has 1 saturated heterocycles. The van der Waals surface area contributed by atoms with E-state index in [2.05, 4.69) is 43.9 Å². The Labute approximate surface area is 195 Å². The van der Waals surface area contributed by atoms with Crippen LogP contribution in [0.15, 0.2) is 18.2 Å². The molecule has 3 aliphatic rings. The number of aldehydes is 1. The Morgan fingerprint density at radius 3 is 2.69 bits per heavy atom. The van der Waals surface area contributed by atoms with E-state index in [1.165, 1.54) is 16.7 Å². The molecule has 7 atom stereocenters. The van der Waals surface area contributed by atoms with Crippen molar-refractivity contribution in [2.75, 3.05) is 25.4 Å². The van der Waals surface area contributed by atoms with Crippen LogP contribution in [-0.2, 0) is 21.3 Å². The van der Waals surface area contributed by atoms with Gasteiger partial charge < -0.3 is 19.7 Å². The van der Waals surface area contributed by atoms with E-state index in [1.807, 2.05) is 6.92 Å². The lowest BCUT2D eigenvalue weighted by molar-refractivity contribution is -0.113. The van der Waals surface area contributed by atoms with Crippen LogP contribution in [0, 0.1) is 35.5 Å². The van der Waals surface area contributed by atoms with Crippen LogP contribution in [0.1, 0.15) is 69.1 Å². The van der Waals surface area contributed by atoms with Crippen molar-refractivity contribution in [1.29, 1.82) is 5.41 Å². The third kappa shape index (κ3) is 3.63. The van der Waals surface area contributed by atoms with E-state index < -0.39 is 11.1 Å². The average molecular weight is 459 g/mol. The van der Waals surface area contributed by atoms with Gasteiger partial charge in [-0.05, 0) is 86.6 Å². The second kappa shape index (κ2) is 8.77. The molecule has 1 aromatic rings. The van der Waals surface area contributed by atoms with Gasteiger partial charge in [-0.1, -0.05) is 32.0 Å². The maximum Gasteiger partial charge on any atom is 0.153 e. The second-order valence-corrected chi connectivity index (χ2v) is 11.6. The first-order chi connectivity index (χ1) is 15.2. The second-order valence-electron chi connectivity index (χ2n) is 10.7. The van der Waals surface area contributed by atoms with Crippen LogP contribution in [0.5, 0.6) is 0 Å². The van der Waals surface area contributed by atoms with Crippen molar-refractivity contribution >= 4 is 23.1 Å². The molecule has 5 nitrogen and oxygen atoms in total. The highest BCUT2D eigenvalue weighted by molar-refractivity contribution is 7.79. The van der Waals surface area contributed by atoms with E-state index in [-0.39, 0.29) is 28.6 Å². The van der Waals surface area contributed by atoms with E-state index in [4.69, 9.17) is 5.41 Å². The third-order valence-corrected chi connectivity index (χ3v) is 10.0. The summed E-state index contributed by atoms with van der Waals surface area (Å²) in [5, 5.41) is 8.18. The molecule has 6 heteroatoms. The molecule has 3 fully saturated rings. The zero-order valence-corrected chi connectivity index (χ0v) is 20.7. The smallest absolute Gasteiger partial charge is 0.153 e. The summed E-state index contributed by atoms with van der Waals surface area (Å²) in [5.41, 5.74) is 4.44. The van der Waals surface area contributed by atoms with Crippen LogP contribution in [0.3, 0.4) is 0 Å². The SMILES string of the molecule is CCN1CCC(C=O)C(c2ccc(C)c(C3(C)[C@@H](CC(C)=N)C34CCC4CS(=O)O)c2)C1. The monoisotopic (exact) mass is 458 g/mol. The summed E-state index contributed by atoms with van der Waals surface area (Å²) in [5.74, 6) is 1.18. The minimum absolute atomic E-state index is 0.0170. The van der Waals surface area contributed by atoms with E-state index in [9.17, 15) is 13.6 Å². The fourth-order valence-electron chi connectivity index (χ4n) is 7.43. The molecule has 1 aromatic carbocycles. The summed E-state index contributed by atoms with van der Waals surface area (Å²) in [4.78, 5) is 14.3. The standard InChI is InChI=1S/C26H38N2O3S/c1-5-28-11-9-20(15-29)22(14-28)19-7-6-17(2)23(13-19)25(4)24(12-18(3)27)26(25)10-8-21(26)16-32(30)31/h6-7,13,15,20-22,24,27H,5,8-12,14,16H2,1-4H3,(H,30,31)/t20?,21?,22?,24-,25?,26?/m1/s1. The molecule has 0 aromatic heterocycles. The van der Waals surface area contributed by atoms with E-state index in [0.717, 1.165) is 51.6 Å². The fraction of sp³-hybridized carbons (Fsp3) is 0.692. The van der Waals surface area contributed by atoms with E-state index >= 15 is 0 Å². The molecule has 0 radical (unpaired) electrons. The van der Waals surface area contributed by atoms with Gasteiger partial charge in [-0.3, -0.25) is 0 Å². The summed E-state index contributed by atoms with van der Waals surface area (Å²) in [6.07, 6.45) is 4.87. The van der Waals surface area contributed by atoms with Gasteiger partial charge in [0, 0.05) is 29.5 Å². The molecule has 0 amide bonds. The van der Waals surface area contributed by atoms with Gasteiger partial charge in [-0.25, -0.2) is 4.21 Å². The first-order valence-corrected chi connectivity index (χ1v) is 13.4. The van der Waals surface area contributed by atoms with Gasteiger partial charge in [-0.15, -0.1) is 0 Å². The van der Waals surface area contributed by atoms with Gasteiger partial charge in [-0.2, -0.15) is 0 Å². The largest absolute Gasteiger partial charge is 0.310 e. The molecule has 6 unspecified atom stereocenters. The normalized spacial score (nSPS) is 37.7. The van der Waals surface area contributed by atoms with E-state index in [0.29, 0.717) is 17.4 Å². The van der Waals surface area contributed by atoms with Crippen LogP contribution in [0.4, 0.5) is 0 Å². The van der Waals surface area contributed by atoms with Crippen LogP contribution in [0.2, 0.25) is 0 Å². The number of nitrogens with one attached hydrogen (secondary N) is 1. The summed E-state index contributed by atoms with van der Waals surface area (Å²) in [6.45, 7) is 11.5. The van der Waals surface area contributed by atoms with E-state index in [1.54, 1.807) is 0 Å². The van der Waals surface area contributed by atoms with Crippen molar-refractivity contribution < 1.29 is 13.6 Å². The zero-order chi connectivity index (χ0) is 23.3. The Balaban J connectivity index is 1.73. The zero-order valence-electron chi connectivity index (χ0n) is 19.9. The van der Waals surface area contributed by atoms with Gasteiger partial charge >= 0.3 is 0 Å². The molecule has 1 aliphatic heterocycles. The van der Waals surface area contributed by atoms with Crippen molar-refractivity contribution in [1.82, 2.24) is 4.90 Å². The van der Waals surface area contributed by atoms with Gasteiger partial charge in [0.15, 0.2) is 11.1 Å². The summed E-state index contributed by atoms with van der Waals surface area (Å²) in [6, 6.07) is 6.76. The highest BCUT2D eigenvalue weighted by Gasteiger charge is 2.79. The van der Waals surface area contributed by atoms with Crippen molar-refractivity contribution in [2.45, 2.75) is 64.7 Å². The predicted molar refractivity (Wildman–Crippen MR) is 130 cm³/mol. The maximum atomic E-state index is 11.9. The first-order valence-electron chi connectivity index (χ1n) is 12.1. The number of benzene rings is 1. The molecule has 2 aliphatic carbocycles. The molecular weight excluding hydrogens is 420 g/mol. The van der Waals surface area contributed by atoms with Crippen LogP contribution < -0.4 is 0 Å². The lowest BCUT2D eigenvalue weighted by Gasteiger charge is -2.42. The Bertz CT molecular complexity index is 934. The van der Waals surface area contributed by atoms with Crippen LogP contribution >= 0.6 is 0 Å². The quantitative estimate of drug-likeness (QED) is 0.340. The third-order valence-electron chi connectivity index (χ3n) is 9.31. The molecular formula is C26H38N2O3S. The Morgan fingerprint density at radius 1 is 1.38 bits per heavy atom. The summed E-state index contributed by atoms with van der Waals surface area (Å²) in [7, 11) is 0. The molecule has 176 valence electrons. The van der Waals surface area contributed by atoms with Gasteiger partial charge in [0.25, 0.3) is 0 Å². The number of carbonyl (C=O) groups excluding carboxylic acids is 1. The number of likely N-dealkylation sites (tertiary alicyclic amines) is 1. The minimum atomic E-state index is -1.79. The molecule has 1 heterocycles. The molecule has 0 bridgehead atoms. The van der Waals surface area contributed by atoms with Crippen molar-refractivity contribution in [3.05, 3.63) is 34.9 Å². The number of nitrogens with zero attached hydrogens (tertiary/aromatic N) is 1.